The Hall–Kier alpha value is -1.47. The van der Waals surface area contributed by atoms with Gasteiger partial charge >= 0.3 is 0 Å². The number of fused-ring (bicyclic) bond motifs is 5. The molecule has 88 valence electrons. The summed E-state index contributed by atoms with van der Waals surface area (Å²) in [6.07, 6.45) is 3.76. The van der Waals surface area contributed by atoms with Gasteiger partial charge in [-0.3, -0.25) is 0 Å². The second-order valence-electron chi connectivity index (χ2n) is 5.01. The van der Waals surface area contributed by atoms with Gasteiger partial charge in [0.1, 0.15) is 0 Å². The molecular weight excluding hydrogens is 236 g/mol. The van der Waals surface area contributed by atoms with Gasteiger partial charge in [-0.15, -0.1) is 0 Å². The van der Waals surface area contributed by atoms with Crippen molar-refractivity contribution in [3.63, 3.8) is 0 Å². The Bertz CT molecular complexity index is 613. The van der Waals surface area contributed by atoms with Crippen molar-refractivity contribution < 1.29 is 0 Å². The number of hydrogen-bond donors (Lipinski definition) is 0. The lowest BCUT2D eigenvalue weighted by Crippen LogP contribution is -1.96. The van der Waals surface area contributed by atoms with Crippen molar-refractivity contribution in [1.82, 2.24) is 0 Å². The maximum absolute atomic E-state index is 2.48. The lowest BCUT2D eigenvalue weighted by atomic mass is 9.97. The van der Waals surface area contributed by atoms with Crippen molar-refractivity contribution in [1.29, 1.82) is 0 Å². The Morgan fingerprint density at radius 1 is 0.833 bits per heavy atom. The zero-order valence-corrected chi connectivity index (χ0v) is 10.9. The van der Waals surface area contributed by atoms with Gasteiger partial charge in [-0.1, -0.05) is 60.3 Å². The molecule has 2 aliphatic rings. The molecule has 0 fully saturated rings. The summed E-state index contributed by atoms with van der Waals surface area (Å²) >= 11 is 1.94. The SMILES string of the molecule is C1=C(Sc2ccccc2)[C@H]2C[C@@H]1c1ccccc12. The molecule has 0 amide bonds. The van der Waals surface area contributed by atoms with E-state index in [1.165, 1.54) is 11.3 Å². The second-order valence-corrected chi connectivity index (χ2v) is 6.15. The van der Waals surface area contributed by atoms with Crippen LogP contribution in [-0.2, 0) is 0 Å². The van der Waals surface area contributed by atoms with Crippen LogP contribution in [0.2, 0.25) is 0 Å². The highest BCUT2D eigenvalue weighted by atomic mass is 32.2. The third-order valence-corrected chi connectivity index (χ3v) is 5.11. The Morgan fingerprint density at radius 2 is 1.56 bits per heavy atom. The Labute approximate surface area is 112 Å². The molecule has 0 radical (unpaired) electrons. The van der Waals surface area contributed by atoms with Gasteiger partial charge in [-0.25, -0.2) is 0 Å². The van der Waals surface area contributed by atoms with Crippen LogP contribution in [0.4, 0.5) is 0 Å². The van der Waals surface area contributed by atoms with Crippen molar-refractivity contribution in [3.05, 3.63) is 76.7 Å². The zero-order valence-electron chi connectivity index (χ0n) is 10.0. The lowest BCUT2D eigenvalue weighted by Gasteiger charge is -2.16. The van der Waals surface area contributed by atoms with Crippen LogP contribution < -0.4 is 0 Å². The summed E-state index contributed by atoms with van der Waals surface area (Å²) in [5.41, 5.74) is 3.11. The average Bonchev–Trinajstić information content (AvgIpc) is 2.99. The monoisotopic (exact) mass is 250 g/mol. The van der Waals surface area contributed by atoms with Crippen LogP contribution >= 0.6 is 11.8 Å². The fraction of sp³-hybridized carbons (Fsp3) is 0.176. The van der Waals surface area contributed by atoms with E-state index in [0.717, 1.165) is 0 Å². The van der Waals surface area contributed by atoms with E-state index in [1.807, 2.05) is 11.8 Å². The molecule has 18 heavy (non-hydrogen) atoms. The fourth-order valence-electron chi connectivity index (χ4n) is 3.15. The predicted octanol–water partition coefficient (Wildman–Crippen LogP) is 4.95. The first-order valence-corrected chi connectivity index (χ1v) is 7.27. The molecule has 2 bridgehead atoms. The van der Waals surface area contributed by atoms with E-state index in [2.05, 4.69) is 60.7 Å². The number of hydrogen-bond acceptors (Lipinski definition) is 1. The molecule has 4 rings (SSSR count). The molecule has 0 aliphatic heterocycles. The van der Waals surface area contributed by atoms with E-state index < -0.39 is 0 Å². The highest BCUT2D eigenvalue weighted by molar-refractivity contribution is 8.03. The number of thioether (sulfide) groups is 1. The van der Waals surface area contributed by atoms with E-state index in [-0.39, 0.29) is 0 Å². The van der Waals surface area contributed by atoms with Crippen molar-refractivity contribution in [2.24, 2.45) is 0 Å². The van der Waals surface area contributed by atoms with Gasteiger partial charge < -0.3 is 0 Å². The Kier molecular flexibility index (Phi) is 2.34. The van der Waals surface area contributed by atoms with Gasteiger partial charge in [0.2, 0.25) is 0 Å². The predicted molar refractivity (Wildman–Crippen MR) is 76.9 cm³/mol. The smallest absolute Gasteiger partial charge is 0.0162 e. The van der Waals surface area contributed by atoms with Gasteiger partial charge in [-0.2, -0.15) is 0 Å². The normalized spacial score (nSPS) is 23.9. The average molecular weight is 250 g/mol. The van der Waals surface area contributed by atoms with Crippen LogP contribution in [0.5, 0.6) is 0 Å². The third-order valence-electron chi connectivity index (χ3n) is 3.95. The van der Waals surface area contributed by atoms with Crippen LogP contribution in [0.3, 0.4) is 0 Å². The minimum Gasteiger partial charge on any atom is -0.0942 e. The van der Waals surface area contributed by atoms with Crippen LogP contribution in [0.1, 0.15) is 29.4 Å². The minimum atomic E-state index is 0.649. The van der Waals surface area contributed by atoms with E-state index in [4.69, 9.17) is 0 Å². The molecule has 0 saturated carbocycles. The molecule has 0 aromatic heterocycles. The third kappa shape index (κ3) is 1.54. The zero-order chi connectivity index (χ0) is 11.9. The molecule has 0 N–H and O–H groups in total. The number of allylic oxidation sites excluding steroid dienone is 2. The first-order chi connectivity index (χ1) is 8.92. The molecule has 2 atom stereocenters. The molecule has 2 aromatic rings. The molecule has 0 nitrogen and oxygen atoms in total. The van der Waals surface area contributed by atoms with E-state index >= 15 is 0 Å². The van der Waals surface area contributed by atoms with Crippen LogP contribution in [-0.4, -0.2) is 0 Å². The summed E-state index contributed by atoms with van der Waals surface area (Å²) in [6, 6.07) is 19.6. The lowest BCUT2D eigenvalue weighted by molar-refractivity contribution is 0.800. The maximum Gasteiger partial charge on any atom is 0.0162 e. The van der Waals surface area contributed by atoms with Crippen molar-refractivity contribution >= 4 is 11.8 Å². The van der Waals surface area contributed by atoms with Crippen LogP contribution in [0.25, 0.3) is 0 Å². The van der Waals surface area contributed by atoms with Crippen LogP contribution in [0, 0.1) is 0 Å². The molecule has 1 heteroatoms. The molecule has 0 heterocycles. The topological polar surface area (TPSA) is 0 Å². The highest BCUT2D eigenvalue weighted by Crippen LogP contribution is 2.56. The van der Waals surface area contributed by atoms with Gasteiger partial charge in [0.25, 0.3) is 0 Å². The summed E-state index contributed by atoms with van der Waals surface area (Å²) in [5, 5.41) is 0. The summed E-state index contributed by atoms with van der Waals surface area (Å²) in [7, 11) is 0. The van der Waals surface area contributed by atoms with Crippen LogP contribution in [0.15, 0.2) is 70.5 Å². The highest BCUT2D eigenvalue weighted by Gasteiger charge is 2.37. The second kappa shape index (κ2) is 4.03. The molecule has 2 aromatic carbocycles. The van der Waals surface area contributed by atoms with Crippen molar-refractivity contribution in [2.75, 3.05) is 0 Å². The molecule has 0 saturated heterocycles. The minimum absolute atomic E-state index is 0.649. The van der Waals surface area contributed by atoms with E-state index in [0.29, 0.717) is 11.8 Å². The summed E-state index contributed by atoms with van der Waals surface area (Å²) in [4.78, 5) is 2.90. The first-order valence-electron chi connectivity index (χ1n) is 6.45. The molecule has 2 aliphatic carbocycles. The maximum atomic E-state index is 2.48. The molecule has 0 unspecified atom stereocenters. The largest absolute Gasteiger partial charge is 0.0942 e. The van der Waals surface area contributed by atoms with Gasteiger partial charge in [0, 0.05) is 16.7 Å². The van der Waals surface area contributed by atoms with Crippen molar-refractivity contribution in [3.8, 4) is 0 Å². The Balaban J connectivity index is 1.66. The quantitative estimate of drug-likeness (QED) is 0.727. The summed E-state index contributed by atoms with van der Waals surface area (Å²) in [6.45, 7) is 0. The van der Waals surface area contributed by atoms with Gasteiger partial charge in [0.15, 0.2) is 0 Å². The van der Waals surface area contributed by atoms with Gasteiger partial charge in [-0.05, 0) is 34.6 Å². The first kappa shape index (κ1) is 10.5. The number of rotatable bonds is 2. The Morgan fingerprint density at radius 3 is 2.39 bits per heavy atom. The number of benzene rings is 2. The van der Waals surface area contributed by atoms with E-state index in [9.17, 15) is 0 Å². The standard InChI is InChI=1S/C17H14S/c1-2-6-13(7-3-1)18-17-11-12-10-16(17)15-9-5-4-8-14(12)15/h1-9,11-12,16H,10H2/t12-,16-/m0/s1. The molecule has 0 spiro atoms. The summed E-state index contributed by atoms with van der Waals surface area (Å²) < 4.78 is 0. The van der Waals surface area contributed by atoms with E-state index in [1.54, 1.807) is 16.0 Å². The van der Waals surface area contributed by atoms with Gasteiger partial charge in [0.05, 0.1) is 0 Å². The summed E-state index contributed by atoms with van der Waals surface area (Å²) in [5.74, 6) is 1.31. The van der Waals surface area contributed by atoms with Crippen molar-refractivity contribution in [2.45, 2.75) is 23.2 Å². The fourth-order valence-corrected chi connectivity index (χ4v) is 4.31. The molecular formula is C17H14S.